The van der Waals surface area contributed by atoms with Gasteiger partial charge in [-0.2, -0.15) is 5.10 Å². The molecule has 8 heteroatoms. The van der Waals surface area contributed by atoms with E-state index in [2.05, 4.69) is 15.7 Å². The Kier molecular flexibility index (Phi) is 5.90. The van der Waals surface area contributed by atoms with E-state index in [4.69, 9.17) is 0 Å². The highest BCUT2D eigenvalue weighted by Crippen LogP contribution is 2.28. The smallest absolute Gasteiger partial charge is 0.272 e. The van der Waals surface area contributed by atoms with Gasteiger partial charge in [0, 0.05) is 30.4 Å². The second kappa shape index (κ2) is 7.72. The normalized spacial score (nSPS) is 12.6. The quantitative estimate of drug-likeness (QED) is 0.806. The minimum atomic E-state index is -0.926. The molecule has 1 aliphatic rings. The molecular weight excluding hydrogens is 338 g/mol. The van der Waals surface area contributed by atoms with Gasteiger partial charge in [-0.1, -0.05) is 0 Å². The van der Waals surface area contributed by atoms with Gasteiger partial charge in [0.25, 0.3) is 5.91 Å². The Morgan fingerprint density at radius 3 is 2.75 bits per heavy atom. The molecule has 0 radical (unpaired) electrons. The molecule has 130 valence electrons. The third-order valence-electron chi connectivity index (χ3n) is 3.95. The molecule has 3 rings (SSSR count). The Bertz CT molecular complexity index is 748. The fourth-order valence-corrected chi connectivity index (χ4v) is 2.83. The highest BCUT2D eigenvalue weighted by Gasteiger charge is 2.27. The van der Waals surface area contributed by atoms with E-state index in [0.29, 0.717) is 24.5 Å². The first-order chi connectivity index (χ1) is 11.1. The minimum absolute atomic E-state index is 0. The lowest BCUT2D eigenvalue weighted by Crippen LogP contribution is -2.31. The lowest BCUT2D eigenvalue weighted by molar-refractivity contribution is 0.0948. The molecule has 0 saturated carbocycles. The minimum Gasteiger partial charge on any atom is -0.349 e. The fourth-order valence-electron chi connectivity index (χ4n) is 2.83. The lowest BCUT2D eigenvalue weighted by Gasteiger charge is -2.06. The molecule has 2 N–H and O–H groups in total. The van der Waals surface area contributed by atoms with Gasteiger partial charge in [0.15, 0.2) is 17.3 Å². The van der Waals surface area contributed by atoms with Crippen molar-refractivity contribution in [2.24, 2.45) is 0 Å². The number of carbonyl (C=O) groups excluding carboxylic acids is 1. The van der Waals surface area contributed by atoms with Crippen LogP contribution in [-0.4, -0.2) is 35.8 Å². The number of hydrogen-bond acceptors (Lipinski definition) is 3. The summed E-state index contributed by atoms with van der Waals surface area (Å²) in [5.41, 5.74) is 2.60. The molecule has 1 amide bonds. The maximum atomic E-state index is 13.5. The molecule has 0 fully saturated rings. The number of fused-ring (bicyclic) bond motifs is 1. The Balaban J connectivity index is 0.00000208. The van der Waals surface area contributed by atoms with Gasteiger partial charge in [0.1, 0.15) is 0 Å². The van der Waals surface area contributed by atoms with Crippen LogP contribution in [-0.2, 0) is 12.8 Å². The van der Waals surface area contributed by atoms with Crippen LogP contribution < -0.4 is 10.6 Å². The Labute approximate surface area is 144 Å². The van der Waals surface area contributed by atoms with Crippen molar-refractivity contribution < 1.29 is 13.6 Å². The molecule has 5 nitrogen and oxygen atoms in total. The van der Waals surface area contributed by atoms with Crippen LogP contribution in [0.2, 0.25) is 0 Å². The van der Waals surface area contributed by atoms with E-state index in [0.717, 1.165) is 42.7 Å². The molecule has 24 heavy (non-hydrogen) atoms. The summed E-state index contributed by atoms with van der Waals surface area (Å²) in [5, 5.41) is 10.1. The standard InChI is InChI=1S/C16H18F2N4O.ClH/c1-19-7-8-20-16(23)15-11-3-2-4-14(11)22(21-15)10-5-6-12(17)13(18)9-10;/h5-6,9,19H,2-4,7-8H2,1H3,(H,20,23);1H. The second-order valence-electron chi connectivity index (χ2n) is 5.50. The summed E-state index contributed by atoms with van der Waals surface area (Å²) in [6, 6.07) is 3.64. The van der Waals surface area contributed by atoms with E-state index < -0.39 is 11.6 Å². The molecule has 1 heterocycles. The molecule has 2 aromatic rings. The van der Waals surface area contributed by atoms with Crippen molar-refractivity contribution in [3.8, 4) is 5.69 Å². The average molecular weight is 357 g/mol. The van der Waals surface area contributed by atoms with Crippen LogP contribution in [0.4, 0.5) is 8.78 Å². The number of amides is 1. The predicted molar refractivity (Wildman–Crippen MR) is 89.0 cm³/mol. The summed E-state index contributed by atoms with van der Waals surface area (Å²) in [6.07, 6.45) is 2.46. The number of nitrogens with one attached hydrogen (secondary N) is 2. The van der Waals surface area contributed by atoms with Crippen LogP contribution >= 0.6 is 12.4 Å². The topological polar surface area (TPSA) is 58.9 Å². The number of nitrogens with zero attached hydrogens (tertiary/aromatic N) is 2. The Morgan fingerprint density at radius 1 is 1.25 bits per heavy atom. The molecule has 0 bridgehead atoms. The molecule has 0 unspecified atom stereocenters. The largest absolute Gasteiger partial charge is 0.349 e. The van der Waals surface area contributed by atoms with Crippen LogP contribution in [0, 0.1) is 11.6 Å². The molecule has 1 aliphatic carbocycles. The molecule has 1 aromatic heterocycles. The fraction of sp³-hybridized carbons (Fsp3) is 0.375. The zero-order valence-corrected chi connectivity index (χ0v) is 14.1. The van der Waals surface area contributed by atoms with Gasteiger partial charge in [-0.3, -0.25) is 4.79 Å². The predicted octanol–water partition coefficient (Wildman–Crippen LogP) is 2.01. The highest BCUT2D eigenvalue weighted by molar-refractivity contribution is 5.94. The summed E-state index contributed by atoms with van der Waals surface area (Å²) in [7, 11) is 1.81. The zero-order valence-electron chi connectivity index (χ0n) is 13.2. The molecule has 0 saturated heterocycles. The molecule has 0 aliphatic heterocycles. The second-order valence-corrected chi connectivity index (χ2v) is 5.50. The van der Waals surface area contributed by atoms with E-state index in [-0.39, 0.29) is 18.3 Å². The first-order valence-electron chi connectivity index (χ1n) is 7.61. The molecule has 0 atom stereocenters. The number of halogens is 3. The summed E-state index contributed by atoms with van der Waals surface area (Å²) < 4.78 is 28.2. The van der Waals surface area contributed by atoms with Crippen LogP contribution in [0.3, 0.4) is 0 Å². The Morgan fingerprint density at radius 2 is 2.04 bits per heavy atom. The highest BCUT2D eigenvalue weighted by atomic mass is 35.5. The van der Waals surface area contributed by atoms with Crippen LogP contribution in [0.25, 0.3) is 5.69 Å². The van der Waals surface area contributed by atoms with Crippen LogP contribution in [0.1, 0.15) is 28.2 Å². The van der Waals surface area contributed by atoms with Crippen molar-refractivity contribution in [1.82, 2.24) is 20.4 Å². The van der Waals surface area contributed by atoms with Gasteiger partial charge in [-0.15, -0.1) is 12.4 Å². The number of hydrogen-bond donors (Lipinski definition) is 2. The summed E-state index contributed by atoms with van der Waals surface area (Å²) in [6.45, 7) is 1.17. The van der Waals surface area contributed by atoms with Crippen LogP contribution in [0.5, 0.6) is 0 Å². The van der Waals surface area contributed by atoms with E-state index in [9.17, 15) is 13.6 Å². The van der Waals surface area contributed by atoms with Crippen molar-refractivity contribution in [1.29, 1.82) is 0 Å². The number of rotatable bonds is 5. The van der Waals surface area contributed by atoms with Crippen molar-refractivity contribution in [2.45, 2.75) is 19.3 Å². The maximum absolute atomic E-state index is 13.5. The van der Waals surface area contributed by atoms with Crippen molar-refractivity contribution >= 4 is 18.3 Å². The van der Waals surface area contributed by atoms with Crippen molar-refractivity contribution in [3.63, 3.8) is 0 Å². The maximum Gasteiger partial charge on any atom is 0.272 e. The Hall–Kier alpha value is -1.99. The van der Waals surface area contributed by atoms with Crippen molar-refractivity contribution in [3.05, 3.63) is 46.8 Å². The van der Waals surface area contributed by atoms with E-state index in [1.54, 1.807) is 4.68 Å². The lowest BCUT2D eigenvalue weighted by atomic mass is 10.2. The van der Waals surface area contributed by atoms with Gasteiger partial charge in [0.05, 0.1) is 5.69 Å². The van der Waals surface area contributed by atoms with Gasteiger partial charge in [-0.25, -0.2) is 13.5 Å². The zero-order chi connectivity index (χ0) is 16.4. The van der Waals surface area contributed by atoms with Crippen LogP contribution in [0.15, 0.2) is 18.2 Å². The summed E-state index contributed by atoms with van der Waals surface area (Å²) >= 11 is 0. The first kappa shape index (κ1) is 18.4. The van der Waals surface area contributed by atoms with E-state index >= 15 is 0 Å². The van der Waals surface area contributed by atoms with E-state index in [1.807, 2.05) is 7.05 Å². The summed E-state index contributed by atoms with van der Waals surface area (Å²) in [4.78, 5) is 12.3. The van der Waals surface area contributed by atoms with Gasteiger partial charge < -0.3 is 10.6 Å². The van der Waals surface area contributed by atoms with Crippen molar-refractivity contribution in [2.75, 3.05) is 20.1 Å². The first-order valence-corrected chi connectivity index (χ1v) is 7.61. The third kappa shape index (κ3) is 3.42. The van der Waals surface area contributed by atoms with Gasteiger partial charge in [0.2, 0.25) is 0 Å². The SMILES string of the molecule is CNCCNC(=O)c1nn(-c2ccc(F)c(F)c2)c2c1CCC2.Cl. The van der Waals surface area contributed by atoms with Gasteiger partial charge >= 0.3 is 0 Å². The average Bonchev–Trinajstić information content (AvgIpc) is 3.12. The molecular formula is C16H19ClF2N4O. The number of likely N-dealkylation sites (N-methyl/N-ethyl adjacent to an activating group) is 1. The third-order valence-corrected chi connectivity index (χ3v) is 3.95. The summed E-state index contributed by atoms with van der Waals surface area (Å²) in [5.74, 6) is -2.06. The number of benzene rings is 1. The molecule has 1 aromatic carbocycles. The number of carbonyl (C=O) groups is 1. The van der Waals surface area contributed by atoms with E-state index in [1.165, 1.54) is 6.07 Å². The molecule has 0 spiro atoms. The monoisotopic (exact) mass is 356 g/mol. The van der Waals surface area contributed by atoms with Gasteiger partial charge in [-0.05, 0) is 38.4 Å². The number of aromatic nitrogens is 2.